The molecule has 1 heterocycles. The minimum absolute atomic E-state index is 0.0703. The minimum Gasteiger partial charge on any atom is -0.409 e. The number of nitrogens with zero attached hydrogens (tertiary/aromatic N) is 2. The Morgan fingerprint density at radius 3 is 2.94 bits per heavy atom. The molecule has 0 bridgehead atoms. The second-order valence-electron chi connectivity index (χ2n) is 3.64. The lowest BCUT2D eigenvalue weighted by atomic mass is 10.2. The molecule has 1 aromatic rings. The number of oxime groups is 1. The zero-order valence-corrected chi connectivity index (χ0v) is 11.0. The Hall–Kier alpha value is -1.60. The number of methoxy groups -OCH3 is 1. The molecular weight excluding hydrogens is 254 g/mol. The molecule has 0 saturated carbocycles. The fourth-order valence-corrected chi connectivity index (χ4v) is 2.01. The van der Waals surface area contributed by atoms with Crippen molar-refractivity contribution in [3.05, 3.63) is 22.4 Å². The molecule has 0 aliphatic rings. The lowest BCUT2D eigenvalue weighted by Crippen LogP contribution is -2.36. The Labute approximate surface area is 110 Å². The van der Waals surface area contributed by atoms with E-state index in [9.17, 15) is 4.79 Å². The Kier molecular flexibility index (Phi) is 6.16. The molecule has 100 valence electrons. The van der Waals surface area contributed by atoms with Crippen LogP contribution in [0.2, 0.25) is 0 Å². The van der Waals surface area contributed by atoms with Crippen LogP contribution >= 0.6 is 11.3 Å². The maximum absolute atomic E-state index is 12.1. The maximum Gasteiger partial charge on any atom is 0.254 e. The summed E-state index contributed by atoms with van der Waals surface area (Å²) in [6.45, 7) is 1.32. The molecule has 6 nitrogen and oxygen atoms in total. The Balaban J connectivity index is 2.62. The highest BCUT2D eigenvalue weighted by molar-refractivity contribution is 7.08. The smallest absolute Gasteiger partial charge is 0.254 e. The van der Waals surface area contributed by atoms with Crippen LogP contribution in [0, 0.1) is 0 Å². The van der Waals surface area contributed by atoms with Crippen molar-refractivity contribution in [1.29, 1.82) is 0 Å². The Bertz CT molecular complexity index is 392. The highest BCUT2D eigenvalue weighted by Gasteiger charge is 2.16. The van der Waals surface area contributed by atoms with Crippen molar-refractivity contribution in [3.8, 4) is 0 Å². The van der Waals surface area contributed by atoms with E-state index in [0.717, 1.165) is 0 Å². The number of hydrogen-bond acceptors (Lipinski definition) is 5. The van der Waals surface area contributed by atoms with E-state index in [1.54, 1.807) is 23.5 Å². The van der Waals surface area contributed by atoms with Gasteiger partial charge in [0.05, 0.1) is 12.2 Å². The second kappa shape index (κ2) is 7.67. The van der Waals surface area contributed by atoms with Gasteiger partial charge in [-0.2, -0.15) is 11.3 Å². The van der Waals surface area contributed by atoms with Crippen molar-refractivity contribution in [2.75, 3.05) is 26.8 Å². The summed E-state index contributed by atoms with van der Waals surface area (Å²) in [6.07, 6.45) is 0.329. The normalized spacial score (nSPS) is 11.5. The number of hydrogen-bond donors (Lipinski definition) is 2. The van der Waals surface area contributed by atoms with Gasteiger partial charge in [-0.3, -0.25) is 4.79 Å². The molecule has 1 rings (SSSR count). The van der Waals surface area contributed by atoms with Crippen molar-refractivity contribution >= 4 is 23.1 Å². The lowest BCUT2D eigenvalue weighted by Gasteiger charge is -2.21. The van der Waals surface area contributed by atoms with Crippen molar-refractivity contribution < 1.29 is 14.7 Å². The quantitative estimate of drug-likeness (QED) is 0.335. The largest absolute Gasteiger partial charge is 0.409 e. The van der Waals surface area contributed by atoms with E-state index >= 15 is 0 Å². The summed E-state index contributed by atoms with van der Waals surface area (Å²) in [4.78, 5) is 13.8. The van der Waals surface area contributed by atoms with Crippen LogP contribution in [0.4, 0.5) is 0 Å². The van der Waals surface area contributed by atoms with Crippen molar-refractivity contribution in [1.82, 2.24) is 4.90 Å². The summed E-state index contributed by atoms with van der Waals surface area (Å²) in [5.74, 6) is 0.0366. The molecule has 18 heavy (non-hydrogen) atoms. The van der Waals surface area contributed by atoms with Crippen molar-refractivity contribution in [2.24, 2.45) is 10.9 Å². The number of amides is 1. The Morgan fingerprint density at radius 2 is 2.39 bits per heavy atom. The summed E-state index contributed by atoms with van der Waals surface area (Å²) in [5, 5.41) is 15.0. The van der Waals surface area contributed by atoms with Crippen LogP contribution in [0.1, 0.15) is 16.8 Å². The first kappa shape index (κ1) is 14.5. The van der Waals surface area contributed by atoms with Gasteiger partial charge >= 0.3 is 0 Å². The number of thiophene rings is 1. The molecule has 0 radical (unpaired) electrons. The molecule has 0 aromatic carbocycles. The zero-order chi connectivity index (χ0) is 13.4. The van der Waals surface area contributed by atoms with Gasteiger partial charge in [-0.25, -0.2) is 0 Å². The lowest BCUT2D eigenvalue weighted by molar-refractivity contribution is 0.0701. The first-order valence-electron chi connectivity index (χ1n) is 5.46. The van der Waals surface area contributed by atoms with E-state index in [4.69, 9.17) is 15.7 Å². The molecule has 0 spiro atoms. The van der Waals surface area contributed by atoms with Crippen LogP contribution in [-0.2, 0) is 4.74 Å². The van der Waals surface area contributed by atoms with Crippen molar-refractivity contribution in [2.45, 2.75) is 6.42 Å². The summed E-state index contributed by atoms with van der Waals surface area (Å²) in [5.41, 5.74) is 6.05. The highest BCUT2D eigenvalue weighted by Crippen LogP contribution is 2.10. The molecule has 0 unspecified atom stereocenters. The molecule has 1 aromatic heterocycles. The van der Waals surface area contributed by atoms with E-state index in [1.807, 2.05) is 5.38 Å². The predicted octanol–water partition coefficient (Wildman–Crippen LogP) is 0.973. The third-order valence-electron chi connectivity index (χ3n) is 2.39. The first-order chi connectivity index (χ1) is 8.69. The van der Waals surface area contributed by atoms with Gasteiger partial charge in [0.25, 0.3) is 5.91 Å². The second-order valence-corrected chi connectivity index (χ2v) is 4.42. The van der Waals surface area contributed by atoms with Crippen LogP contribution in [0.3, 0.4) is 0 Å². The number of carbonyl (C=O) groups is 1. The first-order valence-corrected chi connectivity index (χ1v) is 6.40. The maximum atomic E-state index is 12.1. The van der Waals surface area contributed by atoms with Crippen LogP contribution < -0.4 is 5.73 Å². The Morgan fingerprint density at radius 1 is 1.61 bits per heavy atom. The van der Waals surface area contributed by atoms with Crippen LogP contribution in [-0.4, -0.2) is 48.7 Å². The monoisotopic (exact) mass is 271 g/mol. The number of amidine groups is 1. The average Bonchev–Trinajstić information content (AvgIpc) is 2.91. The van der Waals surface area contributed by atoms with Gasteiger partial charge in [0.1, 0.15) is 5.84 Å². The van der Waals surface area contributed by atoms with Crippen LogP contribution in [0.5, 0.6) is 0 Å². The van der Waals surface area contributed by atoms with Crippen molar-refractivity contribution in [3.63, 3.8) is 0 Å². The summed E-state index contributed by atoms with van der Waals surface area (Å²) >= 11 is 1.47. The van der Waals surface area contributed by atoms with Crippen LogP contribution in [0.15, 0.2) is 22.0 Å². The number of nitrogens with two attached hydrogens (primary N) is 1. The third-order valence-corrected chi connectivity index (χ3v) is 3.07. The topological polar surface area (TPSA) is 88.2 Å². The van der Waals surface area contributed by atoms with Gasteiger partial charge in [0.2, 0.25) is 0 Å². The number of ether oxygens (including phenoxy) is 1. The minimum atomic E-state index is -0.0703. The summed E-state index contributed by atoms with van der Waals surface area (Å²) in [6, 6.07) is 1.77. The molecule has 0 fully saturated rings. The summed E-state index contributed by atoms with van der Waals surface area (Å²) < 4.78 is 4.97. The van der Waals surface area contributed by atoms with Gasteiger partial charge in [0.15, 0.2) is 0 Å². The fraction of sp³-hybridized carbons (Fsp3) is 0.455. The standard InChI is InChI=1S/C11H17N3O3S/c1-17-6-5-14(4-2-10(12)13-16)11(15)9-3-7-18-8-9/h3,7-8,16H,2,4-6H2,1H3,(H2,12,13). The predicted molar refractivity (Wildman–Crippen MR) is 70.1 cm³/mol. The average molecular weight is 271 g/mol. The van der Waals surface area contributed by atoms with E-state index in [-0.39, 0.29) is 11.7 Å². The van der Waals surface area contributed by atoms with Gasteiger partial charge < -0.3 is 20.6 Å². The summed E-state index contributed by atoms with van der Waals surface area (Å²) in [7, 11) is 1.58. The van der Waals surface area contributed by atoms with E-state index in [0.29, 0.717) is 31.7 Å². The fourth-order valence-electron chi connectivity index (χ4n) is 1.38. The molecular formula is C11H17N3O3S. The van der Waals surface area contributed by atoms with E-state index in [2.05, 4.69) is 5.16 Å². The van der Waals surface area contributed by atoms with Gasteiger partial charge in [-0.15, -0.1) is 0 Å². The van der Waals surface area contributed by atoms with Gasteiger partial charge in [-0.1, -0.05) is 5.16 Å². The number of rotatable bonds is 7. The van der Waals surface area contributed by atoms with Gasteiger partial charge in [-0.05, 0) is 11.4 Å². The molecule has 1 amide bonds. The van der Waals surface area contributed by atoms with Crippen LogP contribution in [0.25, 0.3) is 0 Å². The van der Waals surface area contributed by atoms with Gasteiger partial charge in [0, 0.05) is 32.0 Å². The SMILES string of the molecule is COCCN(CCC(N)=NO)C(=O)c1ccsc1. The van der Waals surface area contributed by atoms with E-state index in [1.165, 1.54) is 11.3 Å². The third kappa shape index (κ3) is 4.34. The van der Waals surface area contributed by atoms with E-state index < -0.39 is 0 Å². The molecule has 7 heteroatoms. The highest BCUT2D eigenvalue weighted by atomic mass is 32.1. The molecule has 0 aliphatic carbocycles. The number of carbonyl (C=O) groups excluding carboxylic acids is 1. The molecule has 0 aliphatic heterocycles. The zero-order valence-electron chi connectivity index (χ0n) is 10.2. The molecule has 0 saturated heterocycles. The molecule has 3 N–H and O–H groups in total. The molecule has 0 atom stereocenters.